The molecule has 1 atom stereocenters. The molecule has 0 amide bonds. The van der Waals surface area contributed by atoms with E-state index in [1.807, 2.05) is 19.1 Å². The number of rotatable bonds is 2. The lowest BCUT2D eigenvalue weighted by Crippen LogP contribution is -1.94. The van der Waals surface area contributed by atoms with Crippen LogP contribution in [0, 0.1) is 0 Å². The van der Waals surface area contributed by atoms with Crippen molar-refractivity contribution in [2.75, 3.05) is 6.61 Å². The first-order valence-corrected chi connectivity index (χ1v) is 5.22. The van der Waals surface area contributed by atoms with E-state index < -0.39 is 0 Å². The largest absolute Gasteiger partial charge is 0.396 e. The van der Waals surface area contributed by atoms with Crippen LogP contribution < -0.4 is 0 Å². The van der Waals surface area contributed by atoms with Gasteiger partial charge in [0.05, 0.1) is 6.61 Å². The van der Waals surface area contributed by atoms with Gasteiger partial charge in [0, 0.05) is 15.5 Å². The Labute approximate surface area is 81.6 Å². The van der Waals surface area contributed by atoms with Crippen LogP contribution in [0.4, 0.5) is 0 Å². The van der Waals surface area contributed by atoms with Gasteiger partial charge < -0.3 is 5.11 Å². The van der Waals surface area contributed by atoms with Gasteiger partial charge in [-0.05, 0) is 17.5 Å². The summed E-state index contributed by atoms with van der Waals surface area (Å²) in [4.78, 5) is 1.27. The first-order valence-electron chi connectivity index (χ1n) is 4.40. The Balaban J connectivity index is 2.49. The molecule has 13 heavy (non-hydrogen) atoms. The number of hydrogen-bond acceptors (Lipinski definition) is 2. The molecule has 0 spiro atoms. The standard InChI is InChI=1S/C11H12OS/c1-8(7-12)11-6-9-4-2-3-5-10(9)13-11/h2-6,8,12H,7H2,1H3/t8-/m1/s1. The average molecular weight is 192 g/mol. The number of fused-ring (bicyclic) bond motifs is 1. The van der Waals surface area contributed by atoms with E-state index in [2.05, 4.69) is 18.2 Å². The van der Waals surface area contributed by atoms with Gasteiger partial charge in [0.2, 0.25) is 0 Å². The third-order valence-electron chi connectivity index (χ3n) is 2.20. The van der Waals surface area contributed by atoms with Crippen LogP contribution in [0.1, 0.15) is 17.7 Å². The molecule has 2 aromatic rings. The average Bonchev–Trinajstić information content (AvgIpc) is 2.59. The molecule has 0 aliphatic rings. The van der Waals surface area contributed by atoms with Crippen molar-refractivity contribution in [1.29, 1.82) is 0 Å². The fourth-order valence-electron chi connectivity index (χ4n) is 1.34. The molecule has 1 aromatic heterocycles. The van der Waals surface area contributed by atoms with Crippen LogP contribution in [-0.4, -0.2) is 11.7 Å². The summed E-state index contributed by atoms with van der Waals surface area (Å²) < 4.78 is 1.30. The Morgan fingerprint density at radius 3 is 2.85 bits per heavy atom. The summed E-state index contributed by atoms with van der Waals surface area (Å²) in [6, 6.07) is 10.5. The van der Waals surface area contributed by atoms with Crippen LogP contribution in [0.3, 0.4) is 0 Å². The Kier molecular flexibility index (Phi) is 2.34. The van der Waals surface area contributed by atoms with Crippen molar-refractivity contribution in [2.24, 2.45) is 0 Å². The molecule has 0 unspecified atom stereocenters. The smallest absolute Gasteiger partial charge is 0.0504 e. The van der Waals surface area contributed by atoms with E-state index in [9.17, 15) is 0 Å². The zero-order valence-electron chi connectivity index (χ0n) is 7.53. The highest BCUT2D eigenvalue weighted by atomic mass is 32.1. The molecule has 0 fully saturated rings. The summed E-state index contributed by atoms with van der Waals surface area (Å²) in [6.07, 6.45) is 0. The predicted molar refractivity (Wildman–Crippen MR) is 57.3 cm³/mol. The Bertz CT molecular complexity index is 372. The van der Waals surface area contributed by atoms with Crippen molar-refractivity contribution in [3.8, 4) is 0 Å². The fourth-order valence-corrected chi connectivity index (χ4v) is 2.44. The van der Waals surface area contributed by atoms with Gasteiger partial charge in [-0.15, -0.1) is 11.3 Å². The van der Waals surface area contributed by atoms with E-state index in [0.717, 1.165) is 0 Å². The topological polar surface area (TPSA) is 20.2 Å². The Morgan fingerprint density at radius 2 is 2.15 bits per heavy atom. The second-order valence-corrected chi connectivity index (χ2v) is 4.39. The molecule has 2 rings (SSSR count). The molecule has 1 N–H and O–H groups in total. The first kappa shape index (κ1) is 8.73. The van der Waals surface area contributed by atoms with E-state index in [4.69, 9.17) is 5.11 Å². The van der Waals surface area contributed by atoms with Crippen LogP contribution >= 0.6 is 11.3 Å². The van der Waals surface area contributed by atoms with Crippen LogP contribution in [0.2, 0.25) is 0 Å². The molecule has 0 saturated heterocycles. The van der Waals surface area contributed by atoms with Crippen LogP contribution in [0.25, 0.3) is 10.1 Å². The van der Waals surface area contributed by atoms with Crippen molar-refractivity contribution in [3.05, 3.63) is 35.2 Å². The lowest BCUT2D eigenvalue weighted by atomic mass is 10.1. The summed E-state index contributed by atoms with van der Waals surface area (Å²) in [5.41, 5.74) is 0. The van der Waals surface area contributed by atoms with Crippen LogP contribution in [-0.2, 0) is 0 Å². The van der Waals surface area contributed by atoms with E-state index in [1.54, 1.807) is 11.3 Å². The summed E-state index contributed by atoms with van der Waals surface area (Å²) in [5.74, 6) is 0.261. The zero-order chi connectivity index (χ0) is 9.26. The van der Waals surface area contributed by atoms with Gasteiger partial charge in [0.25, 0.3) is 0 Å². The van der Waals surface area contributed by atoms with Gasteiger partial charge >= 0.3 is 0 Å². The highest BCUT2D eigenvalue weighted by molar-refractivity contribution is 7.19. The van der Waals surface area contributed by atoms with E-state index in [-0.39, 0.29) is 12.5 Å². The SMILES string of the molecule is C[C@H](CO)c1cc2ccccc2s1. The lowest BCUT2D eigenvalue weighted by Gasteiger charge is -2.01. The fraction of sp³-hybridized carbons (Fsp3) is 0.273. The quantitative estimate of drug-likeness (QED) is 0.775. The van der Waals surface area contributed by atoms with Gasteiger partial charge in [0.1, 0.15) is 0 Å². The first-order chi connectivity index (χ1) is 6.31. The number of hydrogen-bond donors (Lipinski definition) is 1. The van der Waals surface area contributed by atoms with Crippen molar-refractivity contribution >= 4 is 21.4 Å². The molecule has 0 aliphatic carbocycles. The minimum atomic E-state index is 0.229. The van der Waals surface area contributed by atoms with Gasteiger partial charge in [0.15, 0.2) is 0 Å². The summed E-state index contributed by atoms with van der Waals surface area (Å²) in [7, 11) is 0. The number of thiophene rings is 1. The second-order valence-electron chi connectivity index (χ2n) is 3.27. The minimum Gasteiger partial charge on any atom is -0.396 e. The number of aliphatic hydroxyl groups excluding tert-OH is 1. The van der Waals surface area contributed by atoms with Gasteiger partial charge in [-0.1, -0.05) is 25.1 Å². The van der Waals surface area contributed by atoms with Crippen LogP contribution in [0.5, 0.6) is 0 Å². The number of aliphatic hydroxyl groups is 1. The molecule has 0 saturated carbocycles. The highest BCUT2D eigenvalue weighted by Gasteiger charge is 2.07. The van der Waals surface area contributed by atoms with E-state index in [1.165, 1.54) is 15.0 Å². The Morgan fingerprint density at radius 1 is 1.38 bits per heavy atom. The molecule has 2 heteroatoms. The molecule has 0 bridgehead atoms. The number of benzene rings is 1. The normalized spacial score (nSPS) is 13.4. The third kappa shape index (κ3) is 1.60. The monoisotopic (exact) mass is 192 g/mol. The lowest BCUT2D eigenvalue weighted by molar-refractivity contribution is 0.274. The zero-order valence-corrected chi connectivity index (χ0v) is 8.34. The van der Waals surface area contributed by atoms with Gasteiger partial charge in [-0.3, -0.25) is 0 Å². The third-order valence-corrected chi connectivity index (χ3v) is 3.55. The Hall–Kier alpha value is -0.860. The summed E-state index contributed by atoms with van der Waals surface area (Å²) in [5, 5.41) is 10.3. The van der Waals surface area contributed by atoms with Crippen molar-refractivity contribution in [1.82, 2.24) is 0 Å². The molecule has 1 aromatic carbocycles. The van der Waals surface area contributed by atoms with Gasteiger partial charge in [-0.2, -0.15) is 0 Å². The molecule has 0 radical (unpaired) electrons. The van der Waals surface area contributed by atoms with Crippen molar-refractivity contribution in [3.63, 3.8) is 0 Å². The highest BCUT2D eigenvalue weighted by Crippen LogP contribution is 2.30. The minimum absolute atomic E-state index is 0.229. The molecule has 0 aliphatic heterocycles. The molecule has 1 nitrogen and oxygen atoms in total. The van der Waals surface area contributed by atoms with Crippen molar-refractivity contribution in [2.45, 2.75) is 12.8 Å². The maximum atomic E-state index is 9.02. The maximum absolute atomic E-state index is 9.02. The molecule has 1 heterocycles. The maximum Gasteiger partial charge on any atom is 0.0504 e. The second kappa shape index (κ2) is 3.48. The van der Waals surface area contributed by atoms with Crippen molar-refractivity contribution < 1.29 is 5.11 Å². The predicted octanol–water partition coefficient (Wildman–Crippen LogP) is 3.00. The molecule has 68 valence electrons. The van der Waals surface area contributed by atoms with Gasteiger partial charge in [-0.25, -0.2) is 0 Å². The van der Waals surface area contributed by atoms with E-state index in [0.29, 0.717) is 0 Å². The molecular formula is C11H12OS. The summed E-state index contributed by atoms with van der Waals surface area (Å²) >= 11 is 1.77. The molecular weight excluding hydrogens is 180 g/mol. The van der Waals surface area contributed by atoms with Crippen LogP contribution in [0.15, 0.2) is 30.3 Å². The van der Waals surface area contributed by atoms with E-state index >= 15 is 0 Å². The summed E-state index contributed by atoms with van der Waals surface area (Å²) in [6.45, 7) is 2.28.